The summed E-state index contributed by atoms with van der Waals surface area (Å²) in [7, 11) is 8.50. The van der Waals surface area contributed by atoms with Crippen LogP contribution in [0.3, 0.4) is 0 Å². The van der Waals surface area contributed by atoms with Crippen LogP contribution in [-0.4, -0.2) is 0 Å². The predicted molar refractivity (Wildman–Crippen MR) is 110 cm³/mol. The van der Waals surface area contributed by atoms with E-state index in [2.05, 4.69) is 82.3 Å². The zero-order valence-electron chi connectivity index (χ0n) is 12.5. The van der Waals surface area contributed by atoms with Gasteiger partial charge in [-0.2, -0.15) is 0 Å². The van der Waals surface area contributed by atoms with Gasteiger partial charge in [-0.3, -0.25) is 0 Å². The first-order chi connectivity index (χ1) is 10.8. The van der Waals surface area contributed by atoms with Crippen molar-refractivity contribution in [2.75, 3.05) is 0 Å². The summed E-state index contributed by atoms with van der Waals surface area (Å²) < 4.78 is 0. The molecule has 0 bridgehead atoms. The molecule has 3 rings (SSSR count). The molecular formula is C19H21P3. The van der Waals surface area contributed by atoms with E-state index in [4.69, 9.17) is 0 Å². The summed E-state index contributed by atoms with van der Waals surface area (Å²) in [5, 5.41) is 2.73. The molecule has 0 aliphatic heterocycles. The van der Waals surface area contributed by atoms with E-state index in [0.29, 0.717) is 0 Å². The Labute approximate surface area is 139 Å². The number of benzene rings is 3. The van der Waals surface area contributed by atoms with E-state index in [9.17, 15) is 0 Å². The fourth-order valence-corrected chi connectivity index (χ4v) is 4.11. The standard InChI is InChI=1S/C19H21P3/c20-10-13-4-6-14(7-5-13)16-2-1-3-17-18(16)9-8-15(11-21)19(17)12-22/h1-9H,10-12,20-22H2. The zero-order chi connectivity index (χ0) is 15.5. The number of fused-ring (bicyclic) bond motifs is 1. The molecule has 0 N–H and O–H groups in total. The zero-order valence-corrected chi connectivity index (χ0v) is 16.0. The van der Waals surface area contributed by atoms with E-state index in [-0.39, 0.29) is 0 Å². The summed E-state index contributed by atoms with van der Waals surface area (Å²) in [6.07, 6.45) is 3.01. The van der Waals surface area contributed by atoms with Gasteiger partial charge in [0.2, 0.25) is 0 Å². The van der Waals surface area contributed by atoms with Crippen molar-refractivity contribution < 1.29 is 0 Å². The van der Waals surface area contributed by atoms with E-state index in [1.54, 1.807) is 0 Å². The van der Waals surface area contributed by atoms with Crippen LogP contribution < -0.4 is 0 Å². The fraction of sp³-hybridized carbons (Fsp3) is 0.158. The molecule has 0 aliphatic rings. The first kappa shape index (κ1) is 16.1. The topological polar surface area (TPSA) is 0 Å². The Kier molecular flexibility index (Phi) is 5.25. The van der Waals surface area contributed by atoms with Crippen molar-refractivity contribution in [3.8, 4) is 11.1 Å². The first-order valence-corrected chi connectivity index (χ1v) is 9.96. The van der Waals surface area contributed by atoms with Gasteiger partial charge in [0.25, 0.3) is 0 Å². The van der Waals surface area contributed by atoms with Crippen LogP contribution in [0.4, 0.5) is 0 Å². The minimum atomic E-state index is 0.997. The van der Waals surface area contributed by atoms with Crippen molar-refractivity contribution in [1.82, 2.24) is 0 Å². The van der Waals surface area contributed by atoms with Crippen molar-refractivity contribution in [3.63, 3.8) is 0 Å². The predicted octanol–water partition coefficient (Wildman–Crippen LogP) is 5.63. The van der Waals surface area contributed by atoms with Crippen LogP contribution in [0, 0.1) is 0 Å². The van der Waals surface area contributed by atoms with Gasteiger partial charge in [-0.05, 0) is 57.1 Å². The molecule has 3 unspecified atom stereocenters. The second-order valence-corrected chi connectivity index (χ2v) is 6.64. The molecule has 3 heteroatoms. The minimum Gasteiger partial charge on any atom is -0.133 e. The number of rotatable bonds is 4. The molecule has 0 saturated carbocycles. The maximum absolute atomic E-state index is 2.88. The summed E-state index contributed by atoms with van der Waals surface area (Å²) >= 11 is 0. The summed E-state index contributed by atoms with van der Waals surface area (Å²) in [5.41, 5.74) is 6.83. The highest BCUT2D eigenvalue weighted by molar-refractivity contribution is 7.16. The Hall–Kier alpha value is -0.790. The fourth-order valence-electron chi connectivity index (χ4n) is 2.97. The average Bonchev–Trinajstić information content (AvgIpc) is 2.60. The van der Waals surface area contributed by atoms with E-state index in [1.807, 2.05) is 0 Å². The molecule has 0 spiro atoms. The summed E-state index contributed by atoms with van der Waals surface area (Å²) in [5.74, 6) is 0. The average molecular weight is 342 g/mol. The summed E-state index contributed by atoms with van der Waals surface area (Å²) in [6, 6.07) is 20.1. The van der Waals surface area contributed by atoms with Gasteiger partial charge in [0.05, 0.1) is 0 Å². The quantitative estimate of drug-likeness (QED) is 0.539. The Morgan fingerprint density at radius 2 is 1.41 bits per heavy atom. The molecule has 3 aromatic rings. The molecule has 0 heterocycles. The second kappa shape index (κ2) is 7.19. The van der Waals surface area contributed by atoms with Gasteiger partial charge < -0.3 is 0 Å². The van der Waals surface area contributed by atoms with Crippen molar-refractivity contribution in [2.45, 2.75) is 18.5 Å². The maximum atomic E-state index is 2.88. The van der Waals surface area contributed by atoms with Crippen molar-refractivity contribution in [2.24, 2.45) is 0 Å². The first-order valence-electron chi connectivity index (χ1n) is 7.51. The second-order valence-electron chi connectivity index (χ2n) is 5.41. The monoisotopic (exact) mass is 342 g/mol. The molecule has 22 heavy (non-hydrogen) atoms. The van der Waals surface area contributed by atoms with Crippen LogP contribution >= 0.6 is 27.7 Å². The highest BCUT2D eigenvalue weighted by Crippen LogP contribution is 2.33. The Bertz CT molecular complexity index is 792. The lowest BCUT2D eigenvalue weighted by atomic mass is 9.93. The Balaban J connectivity index is 2.22. The van der Waals surface area contributed by atoms with Gasteiger partial charge in [-0.15, -0.1) is 27.7 Å². The molecule has 3 aromatic carbocycles. The molecule has 0 saturated heterocycles. The molecule has 0 aliphatic carbocycles. The van der Waals surface area contributed by atoms with Gasteiger partial charge in [0.1, 0.15) is 0 Å². The molecule has 3 atom stereocenters. The molecule has 112 valence electrons. The smallest absolute Gasteiger partial charge is 0.0102 e. The third-order valence-electron chi connectivity index (χ3n) is 4.19. The van der Waals surface area contributed by atoms with E-state index in [1.165, 1.54) is 38.6 Å². The number of hydrogen-bond acceptors (Lipinski definition) is 0. The van der Waals surface area contributed by atoms with Crippen molar-refractivity contribution in [3.05, 3.63) is 71.3 Å². The van der Waals surface area contributed by atoms with E-state index < -0.39 is 0 Å². The van der Waals surface area contributed by atoms with Crippen molar-refractivity contribution >= 4 is 38.5 Å². The molecular weight excluding hydrogens is 321 g/mol. The maximum Gasteiger partial charge on any atom is -0.0102 e. The molecule has 0 fully saturated rings. The van der Waals surface area contributed by atoms with Crippen LogP contribution in [0.25, 0.3) is 21.9 Å². The highest BCUT2D eigenvalue weighted by Gasteiger charge is 2.09. The molecule has 0 amide bonds. The lowest BCUT2D eigenvalue weighted by Gasteiger charge is -2.13. The van der Waals surface area contributed by atoms with E-state index in [0.717, 1.165) is 18.5 Å². The third-order valence-corrected chi connectivity index (χ3v) is 5.51. The summed E-state index contributed by atoms with van der Waals surface area (Å²) in [4.78, 5) is 0. The van der Waals surface area contributed by atoms with Crippen LogP contribution in [0.1, 0.15) is 16.7 Å². The van der Waals surface area contributed by atoms with Crippen LogP contribution in [0.15, 0.2) is 54.6 Å². The van der Waals surface area contributed by atoms with Gasteiger partial charge in [-0.25, -0.2) is 0 Å². The van der Waals surface area contributed by atoms with Gasteiger partial charge in [-0.1, -0.05) is 54.6 Å². The van der Waals surface area contributed by atoms with Crippen LogP contribution in [0.5, 0.6) is 0 Å². The van der Waals surface area contributed by atoms with Gasteiger partial charge >= 0.3 is 0 Å². The highest BCUT2D eigenvalue weighted by atomic mass is 31.0. The molecule has 0 radical (unpaired) electrons. The molecule has 0 nitrogen and oxygen atoms in total. The normalized spacial score (nSPS) is 11.0. The molecule has 0 aromatic heterocycles. The van der Waals surface area contributed by atoms with Gasteiger partial charge in [0.15, 0.2) is 0 Å². The Morgan fingerprint density at radius 3 is 2.05 bits per heavy atom. The van der Waals surface area contributed by atoms with Crippen LogP contribution in [0.2, 0.25) is 0 Å². The summed E-state index contributed by atoms with van der Waals surface area (Å²) in [6.45, 7) is 0. The Morgan fingerprint density at radius 1 is 0.636 bits per heavy atom. The van der Waals surface area contributed by atoms with E-state index >= 15 is 0 Å². The SMILES string of the molecule is PCc1ccc(-c2cccc3c(CP)c(CP)ccc23)cc1. The lowest BCUT2D eigenvalue weighted by molar-refractivity contribution is 1.32. The van der Waals surface area contributed by atoms with Crippen LogP contribution in [-0.2, 0) is 18.5 Å². The largest absolute Gasteiger partial charge is 0.133 e. The van der Waals surface area contributed by atoms with Crippen molar-refractivity contribution in [1.29, 1.82) is 0 Å². The minimum absolute atomic E-state index is 0.997. The number of hydrogen-bond donors (Lipinski definition) is 0. The van der Waals surface area contributed by atoms with Gasteiger partial charge in [0, 0.05) is 0 Å². The third kappa shape index (κ3) is 2.98. The lowest BCUT2D eigenvalue weighted by Crippen LogP contribution is -1.92.